The summed E-state index contributed by atoms with van der Waals surface area (Å²) in [5, 5.41) is 13.8. The standard InChI is InChI=1S/C12H16ClNO/c1-7-5-10(13)12(15)11(8(7)2)9-3-4-14-6-9/h5,9,14-15H,3-4,6H2,1-2H3. The van der Waals surface area contributed by atoms with Crippen LogP contribution in [0.15, 0.2) is 6.07 Å². The van der Waals surface area contributed by atoms with Crippen LogP contribution >= 0.6 is 11.6 Å². The lowest BCUT2D eigenvalue weighted by Gasteiger charge is -2.17. The summed E-state index contributed by atoms with van der Waals surface area (Å²) in [7, 11) is 0. The fourth-order valence-corrected chi connectivity index (χ4v) is 2.55. The van der Waals surface area contributed by atoms with Gasteiger partial charge in [0.1, 0.15) is 5.75 Å². The van der Waals surface area contributed by atoms with Crippen LogP contribution in [0.5, 0.6) is 5.75 Å². The molecule has 0 amide bonds. The predicted octanol–water partition coefficient (Wildman–Crippen LogP) is 2.74. The van der Waals surface area contributed by atoms with Gasteiger partial charge >= 0.3 is 0 Å². The highest BCUT2D eigenvalue weighted by molar-refractivity contribution is 6.32. The summed E-state index contributed by atoms with van der Waals surface area (Å²) < 4.78 is 0. The Kier molecular flexibility index (Phi) is 2.89. The van der Waals surface area contributed by atoms with Crippen molar-refractivity contribution in [1.82, 2.24) is 5.32 Å². The Bertz CT molecular complexity index is 357. The first-order chi connectivity index (χ1) is 7.11. The molecule has 1 aromatic carbocycles. The zero-order valence-corrected chi connectivity index (χ0v) is 9.86. The number of halogens is 1. The zero-order chi connectivity index (χ0) is 11.0. The van der Waals surface area contributed by atoms with E-state index in [2.05, 4.69) is 12.2 Å². The van der Waals surface area contributed by atoms with Gasteiger partial charge in [-0.15, -0.1) is 0 Å². The Balaban J connectivity index is 2.52. The van der Waals surface area contributed by atoms with Crippen LogP contribution in [0.3, 0.4) is 0 Å². The van der Waals surface area contributed by atoms with Crippen LogP contribution in [0, 0.1) is 13.8 Å². The first kappa shape index (κ1) is 10.8. The number of phenolic OH excluding ortho intramolecular Hbond substituents is 1. The van der Waals surface area contributed by atoms with E-state index in [1.807, 2.05) is 13.0 Å². The SMILES string of the molecule is Cc1cc(Cl)c(O)c(C2CCNC2)c1C. The van der Waals surface area contributed by atoms with E-state index in [1.54, 1.807) is 0 Å². The van der Waals surface area contributed by atoms with E-state index in [9.17, 15) is 5.11 Å². The Morgan fingerprint density at radius 3 is 2.80 bits per heavy atom. The second-order valence-electron chi connectivity index (χ2n) is 4.25. The van der Waals surface area contributed by atoms with Gasteiger partial charge in [-0.25, -0.2) is 0 Å². The monoisotopic (exact) mass is 225 g/mol. The average Bonchev–Trinajstić information content (AvgIpc) is 2.69. The Labute approximate surface area is 95.3 Å². The van der Waals surface area contributed by atoms with Crippen molar-refractivity contribution in [3.63, 3.8) is 0 Å². The summed E-state index contributed by atoms with van der Waals surface area (Å²) in [6, 6.07) is 1.83. The second kappa shape index (κ2) is 4.03. The molecular formula is C12H16ClNO. The molecule has 0 radical (unpaired) electrons. The summed E-state index contributed by atoms with van der Waals surface area (Å²) in [5.74, 6) is 0.677. The number of rotatable bonds is 1. The number of hydrogen-bond donors (Lipinski definition) is 2. The molecule has 0 aliphatic carbocycles. The summed E-state index contributed by atoms with van der Waals surface area (Å²) >= 11 is 6.00. The minimum atomic E-state index is 0.272. The van der Waals surface area contributed by atoms with E-state index in [4.69, 9.17) is 11.6 Å². The van der Waals surface area contributed by atoms with Crippen molar-refractivity contribution in [3.05, 3.63) is 27.8 Å². The van der Waals surface area contributed by atoms with Gasteiger partial charge in [0, 0.05) is 18.0 Å². The maximum absolute atomic E-state index is 10.0. The van der Waals surface area contributed by atoms with E-state index in [0.29, 0.717) is 10.9 Å². The summed E-state index contributed by atoms with van der Waals surface area (Å²) in [6.07, 6.45) is 1.08. The maximum Gasteiger partial charge on any atom is 0.137 e. The van der Waals surface area contributed by atoms with Gasteiger partial charge in [-0.05, 0) is 44.0 Å². The molecule has 2 N–H and O–H groups in total. The highest BCUT2D eigenvalue weighted by atomic mass is 35.5. The Morgan fingerprint density at radius 1 is 1.47 bits per heavy atom. The molecule has 1 atom stereocenters. The Morgan fingerprint density at radius 2 is 2.20 bits per heavy atom. The molecule has 3 heteroatoms. The molecule has 2 rings (SSSR count). The van der Waals surface area contributed by atoms with Crippen LogP contribution in [0.2, 0.25) is 5.02 Å². The molecule has 15 heavy (non-hydrogen) atoms. The normalized spacial score (nSPS) is 20.9. The van der Waals surface area contributed by atoms with Crippen LogP contribution in [0.25, 0.3) is 0 Å². The van der Waals surface area contributed by atoms with Crippen LogP contribution in [-0.2, 0) is 0 Å². The minimum absolute atomic E-state index is 0.272. The molecule has 1 aromatic rings. The van der Waals surface area contributed by atoms with Crippen LogP contribution in [0.1, 0.15) is 29.0 Å². The highest BCUT2D eigenvalue weighted by Crippen LogP contribution is 2.39. The third-order valence-electron chi connectivity index (χ3n) is 3.29. The fourth-order valence-electron chi connectivity index (χ4n) is 2.29. The molecule has 1 fully saturated rings. The predicted molar refractivity (Wildman–Crippen MR) is 62.8 cm³/mol. The third kappa shape index (κ3) is 1.84. The molecule has 0 spiro atoms. The average molecular weight is 226 g/mol. The van der Waals surface area contributed by atoms with Crippen molar-refractivity contribution in [2.75, 3.05) is 13.1 Å². The number of benzene rings is 1. The topological polar surface area (TPSA) is 32.3 Å². The number of aromatic hydroxyl groups is 1. The first-order valence-electron chi connectivity index (χ1n) is 5.30. The molecule has 1 aliphatic heterocycles. The number of phenols is 1. The molecule has 1 saturated heterocycles. The molecule has 1 unspecified atom stereocenters. The smallest absolute Gasteiger partial charge is 0.137 e. The second-order valence-corrected chi connectivity index (χ2v) is 4.66. The quantitative estimate of drug-likeness (QED) is 0.771. The lowest BCUT2D eigenvalue weighted by atomic mass is 9.91. The zero-order valence-electron chi connectivity index (χ0n) is 9.10. The van der Waals surface area contributed by atoms with Crippen molar-refractivity contribution >= 4 is 11.6 Å². The largest absolute Gasteiger partial charge is 0.506 e. The lowest BCUT2D eigenvalue weighted by molar-refractivity contribution is 0.462. The van der Waals surface area contributed by atoms with E-state index >= 15 is 0 Å². The van der Waals surface area contributed by atoms with E-state index in [0.717, 1.165) is 30.6 Å². The fraction of sp³-hybridized carbons (Fsp3) is 0.500. The number of aryl methyl sites for hydroxylation is 1. The third-order valence-corrected chi connectivity index (χ3v) is 3.58. The van der Waals surface area contributed by atoms with Crippen molar-refractivity contribution in [1.29, 1.82) is 0 Å². The molecule has 2 nitrogen and oxygen atoms in total. The van der Waals surface area contributed by atoms with Crippen LogP contribution in [0.4, 0.5) is 0 Å². The minimum Gasteiger partial charge on any atom is -0.506 e. The molecule has 82 valence electrons. The van der Waals surface area contributed by atoms with Crippen molar-refractivity contribution in [2.24, 2.45) is 0 Å². The van der Waals surface area contributed by atoms with Crippen molar-refractivity contribution in [3.8, 4) is 5.75 Å². The van der Waals surface area contributed by atoms with Crippen LogP contribution < -0.4 is 5.32 Å². The van der Waals surface area contributed by atoms with Crippen LogP contribution in [-0.4, -0.2) is 18.2 Å². The van der Waals surface area contributed by atoms with Gasteiger partial charge < -0.3 is 10.4 Å². The van der Waals surface area contributed by atoms with E-state index < -0.39 is 0 Å². The summed E-state index contributed by atoms with van der Waals surface area (Å²) in [4.78, 5) is 0. The van der Waals surface area contributed by atoms with Gasteiger partial charge in [0.05, 0.1) is 5.02 Å². The molecule has 0 bridgehead atoms. The molecule has 1 aliphatic rings. The highest BCUT2D eigenvalue weighted by Gasteiger charge is 2.23. The molecule has 0 aromatic heterocycles. The van der Waals surface area contributed by atoms with Gasteiger partial charge in [-0.1, -0.05) is 11.6 Å². The van der Waals surface area contributed by atoms with E-state index in [1.165, 1.54) is 5.56 Å². The Hall–Kier alpha value is -0.730. The molecular weight excluding hydrogens is 210 g/mol. The van der Waals surface area contributed by atoms with Crippen molar-refractivity contribution in [2.45, 2.75) is 26.2 Å². The summed E-state index contributed by atoms with van der Waals surface area (Å²) in [6.45, 7) is 6.05. The summed E-state index contributed by atoms with van der Waals surface area (Å²) in [5.41, 5.74) is 3.36. The van der Waals surface area contributed by atoms with Gasteiger partial charge in [-0.2, -0.15) is 0 Å². The first-order valence-corrected chi connectivity index (χ1v) is 5.68. The lowest BCUT2D eigenvalue weighted by Crippen LogP contribution is -2.09. The van der Waals surface area contributed by atoms with Gasteiger partial charge in [-0.3, -0.25) is 0 Å². The number of hydrogen-bond acceptors (Lipinski definition) is 2. The molecule has 1 heterocycles. The molecule has 0 saturated carbocycles. The number of nitrogens with one attached hydrogen (secondary N) is 1. The van der Waals surface area contributed by atoms with Crippen molar-refractivity contribution < 1.29 is 5.11 Å². The van der Waals surface area contributed by atoms with Gasteiger partial charge in [0.25, 0.3) is 0 Å². The van der Waals surface area contributed by atoms with Gasteiger partial charge in [0.15, 0.2) is 0 Å². The van der Waals surface area contributed by atoms with Gasteiger partial charge in [0.2, 0.25) is 0 Å². The van der Waals surface area contributed by atoms with E-state index in [-0.39, 0.29) is 5.75 Å². The maximum atomic E-state index is 10.0.